The Labute approximate surface area is 165 Å². The van der Waals surface area contributed by atoms with Gasteiger partial charge in [-0.25, -0.2) is 0 Å². The highest BCUT2D eigenvalue weighted by Gasteiger charge is 2.48. The van der Waals surface area contributed by atoms with E-state index in [-0.39, 0.29) is 30.3 Å². The van der Waals surface area contributed by atoms with Crippen LogP contribution in [0.25, 0.3) is 0 Å². The van der Waals surface area contributed by atoms with Gasteiger partial charge in [-0.05, 0) is 39.5 Å². The van der Waals surface area contributed by atoms with Crippen molar-refractivity contribution in [1.82, 2.24) is 24.9 Å². The van der Waals surface area contributed by atoms with Crippen LogP contribution in [0.4, 0.5) is 0 Å². The lowest BCUT2D eigenvalue weighted by molar-refractivity contribution is -0.133. The molecule has 0 spiro atoms. The summed E-state index contributed by atoms with van der Waals surface area (Å²) in [7, 11) is 0. The summed E-state index contributed by atoms with van der Waals surface area (Å²) in [5, 5.41) is 7.55. The van der Waals surface area contributed by atoms with E-state index in [9.17, 15) is 14.4 Å². The number of aromatic nitrogens is 2. The monoisotopic (exact) mass is 387 g/mol. The normalized spacial score (nSPS) is 25.3. The minimum absolute atomic E-state index is 0.132. The van der Waals surface area contributed by atoms with Crippen molar-refractivity contribution in [2.75, 3.05) is 19.6 Å². The summed E-state index contributed by atoms with van der Waals surface area (Å²) in [5.74, 6) is -0.513. The van der Waals surface area contributed by atoms with Gasteiger partial charge in [-0.2, -0.15) is 5.10 Å². The zero-order chi connectivity index (χ0) is 19.9. The molecule has 0 bridgehead atoms. The second kappa shape index (κ2) is 7.22. The van der Waals surface area contributed by atoms with Gasteiger partial charge in [0.15, 0.2) is 5.69 Å². The Morgan fingerprint density at radius 1 is 1.21 bits per heavy atom. The SMILES string of the molecule is CCN1C(=O)c2cc(C(=O)N3CCCC3)nn2C[C@@]1(C)C(=O)NC1CCCC1. The van der Waals surface area contributed by atoms with Crippen molar-refractivity contribution in [3.63, 3.8) is 0 Å². The van der Waals surface area contributed by atoms with Gasteiger partial charge in [0.2, 0.25) is 5.91 Å². The summed E-state index contributed by atoms with van der Waals surface area (Å²) in [6.45, 7) is 5.82. The molecule has 152 valence electrons. The topological polar surface area (TPSA) is 87.5 Å². The lowest BCUT2D eigenvalue weighted by Gasteiger charge is -2.43. The van der Waals surface area contributed by atoms with Gasteiger partial charge in [-0.15, -0.1) is 0 Å². The Morgan fingerprint density at radius 2 is 1.89 bits per heavy atom. The molecule has 0 unspecified atom stereocenters. The van der Waals surface area contributed by atoms with Crippen LogP contribution in [-0.2, 0) is 11.3 Å². The summed E-state index contributed by atoms with van der Waals surface area (Å²) in [6.07, 6.45) is 6.24. The zero-order valence-corrected chi connectivity index (χ0v) is 16.7. The van der Waals surface area contributed by atoms with Gasteiger partial charge >= 0.3 is 0 Å². The molecule has 0 radical (unpaired) electrons. The van der Waals surface area contributed by atoms with E-state index in [2.05, 4.69) is 10.4 Å². The van der Waals surface area contributed by atoms with E-state index in [1.807, 2.05) is 6.92 Å². The molecular formula is C20H29N5O3. The Morgan fingerprint density at radius 3 is 2.54 bits per heavy atom. The number of hydrogen-bond donors (Lipinski definition) is 1. The van der Waals surface area contributed by atoms with Crippen LogP contribution in [0.1, 0.15) is 73.3 Å². The summed E-state index contributed by atoms with van der Waals surface area (Å²) in [5.41, 5.74) is -0.334. The molecule has 1 N–H and O–H groups in total. The molecule has 1 atom stereocenters. The van der Waals surface area contributed by atoms with Crippen molar-refractivity contribution in [1.29, 1.82) is 0 Å². The second-order valence-electron chi connectivity index (χ2n) is 8.35. The van der Waals surface area contributed by atoms with Gasteiger partial charge in [-0.1, -0.05) is 12.8 Å². The highest BCUT2D eigenvalue weighted by molar-refractivity contribution is 6.02. The lowest BCUT2D eigenvalue weighted by Crippen LogP contribution is -2.64. The smallest absolute Gasteiger partial charge is 0.274 e. The fraction of sp³-hybridized carbons (Fsp3) is 0.700. The summed E-state index contributed by atoms with van der Waals surface area (Å²) in [6, 6.07) is 1.77. The number of carbonyl (C=O) groups is 3. The highest BCUT2D eigenvalue weighted by atomic mass is 16.2. The minimum Gasteiger partial charge on any atom is -0.351 e. The summed E-state index contributed by atoms with van der Waals surface area (Å²) < 4.78 is 1.55. The van der Waals surface area contributed by atoms with Gasteiger partial charge in [0, 0.05) is 31.7 Å². The highest BCUT2D eigenvalue weighted by Crippen LogP contribution is 2.29. The van der Waals surface area contributed by atoms with Crippen LogP contribution in [0, 0.1) is 0 Å². The number of likely N-dealkylation sites (N-methyl/N-ethyl adjacent to an activating group) is 1. The first-order valence-electron chi connectivity index (χ1n) is 10.4. The number of nitrogens with zero attached hydrogens (tertiary/aromatic N) is 4. The average molecular weight is 387 g/mol. The van der Waals surface area contributed by atoms with Crippen LogP contribution < -0.4 is 5.32 Å². The maximum atomic E-state index is 13.1. The number of likely N-dealkylation sites (tertiary alicyclic amines) is 1. The molecule has 4 rings (SSSR count). The van der Waals surface area contributed by atoms with E-state index in [4.69, 9.17) is 0 Å². The van der Waals surface area contributed by atoms with Gasteiger partial charge in [0.25, 0.3) is 11.8 Å². The Bertz CT molecular complexity index is 792. The largest absolute Gasteiger partial charge is 0.351 e. The fourth-order valence-electron chi connectivity index (χ4n) is 4.73. The number of rotatable bonds is 4. The summed E-state index contributed by atoms with van der Waals surface area (Å²) >= 11 is 0. The van der Waals surface area contributed by atoms with Crippen molar-refractivity contribution < 1.29 is 14.4 Å². The van der Waals surface area contributed by atoms with Crippen LogP contribution >= 0.6 is 0 Å². The van der Waals surface area contributed by atoms with Crippen LogP contribution in [0.15, 0.2) is 6.07 Å². The first-order chi connectivity index (χ1) is 13.4. The van der Waals surface area contributed by atoms with E-state index in [1.54, 1.807) is 27.5 Å². The molecule has 2 fully saturated rings. The third-order valence-electron chi connectivity index (χ3n) is 6.41. The van der Waals surface area contributed by atoms with Crippen molar-refractivity contribution >= 4 is 17.7 Å². The van der Waals surface area contributed by atoms with Crippen LogP contribution in [0.3, 0.4) is 0 Å². The Hall–Kier alpha value is -2.38. The van der Waals surface area contributed by atoms with E-state index in [1.165, 1.54) is 0 Å². The molecule has 8 heteroatoms. The molecule has 1 aromatic rings. The third kappa shape index (κ3) is 3.08. The number of amides is 3. The molecule has 1 saturated heterocycles. The molecule has 3 heterocycles. The molecule has 1 saturated carbocycles. The van der Waals surface area contributed by atoms with E-state index in [0.717, 1.165) is 51.6 Å². The van der Waals surface area contributed by atoms with E-state index in [0.29, 0.717) is 17.9 Å². The molecule has 3 aliphatic rings. The maximum absolute atomic E-state index is 13.1. The van der Waals surface area contributed by atoms with Gasteiger partial charge < -0.3 is 15.1 Å². The van der Waals surface area contributed by atoms with E-state index < -0.39 is 5.54 Å². The number of fused-ring (bicyclic) bond motifs is 1. The average Bonchev–Trinajstić information content (AvgIpc) is 3.42. The predicted octanol–water partition coefficient (Wildman–Crippen LogP) is 1.41. The molecule has 8 nitrogen and oxygen atoms in total. The molecule has 3 amide bonds. The number of carbonyl (C=O) groups excluding carboxylic acids is 3. The van der Waals surface area contributed by atoms with Crippen LogP contribution in [0.2, 0.25) is 0 Å². The predicted molar refractivity (Wildman–Crippen MR) is 103 cm³/mol. The first kappa shape index (κ1) is 19.0. The third-order valence-corrected chi connectivity index (χ3v) is 6.41. The first-order valence-corrected chi connectivity index (χ1v) is 10.4. The Balaban J connectivity index is 1.60. The standard InChI is InChI=1S/C20H29N5O3/c1-3-24-18(27)16-12-15(17(26)23-10-6-7-11-23)22-25(16)13-20(24,2)19(28)21-14-8-4-5-9-14/h12,14H,3-11,13H2,1-2H3,(H,21,28)/t20-/m0/s1. The van der Waals surface area contributed by atoms with Crippen molar-refractivity contribution in [2.45, 2.75) is 70.5 Å². The molecule has 1 aromatic heterocycles. The lowest BCUT2D eigenvalue weighted by atomic mass is 9.94. The summed E-state index contributed by atoms with van der Waals surface area (Å²) in [4.78, 5) is 42.3. The molecule has 2 aliphatic heterocycles. The fourth-order valence-corrected chi connectivity index (χ4v) is 4.73. The molecule has 0 aromatic carbocycles. The molecule has 1 aliphatic carbocycles. The van der Waals surface area contributed by atoms with Gasteiger partial charge in [0.05, 0.1) is 6.54 Å². The molecule has 28 heavy (non-hydrogen) atoms. The van der Waals surface area contributed by atoms with Crippen LogP contribution in [-0.4, -0.2) is 68.5 Å². The van der Waals surface area contributed by atoms with Crippen molar-refractivity contribution in [3.8, 4) is 0 Å². The quantitative estimate of drug-likeness (QED) is 0.846. The second-order valence-corrected chi connectivity index (χ2v) is 8.35. The Kier molecular flexibility index (Phi) is 4.89. The van der Waals surface area contributed by atoms with Gasteiger partial charge in [-0.3, -0.25) is 19.1 Å². The van der Waals surface area contributed by atoms with Crippen molar-refractivity contribution in [2.24, 2.45) is 0 Å². The van der Waals surface area contributed by atoms with Crippen molar-refractivity contribution in [3.05, 3.63) is 17.5 Å². The van der Waals surface area contributed by atoms with Crippen LogP contribution in [0.5, 0.6) is 0 Å². The number of hydrogen-bond acceptors (Lipinski definition) is 4. The number of nitrogens with one attached hydrogen (secondary N) is 1. The van der Waals surface area contributed by atoms with E-state index >= 15 is 0 Å². The molecular weight excluding hydrogens is 358 g/mol. The zero-order valence-electron chi connectivity index (χ0n) is 16.7. The minimum atomic E-state index is -1.01. The maximum Gasteiger partial charge on any atom is 0.274 e. The van der Waals surface area contributed by atoms with Gasteiger partial charge in [0.1, 0.15) is 11.2 Å².